The maximum Gasteiger partial charge on any atom is 0.317 e. The van der Waals surface area contributed by atoms with Crippen LogP contribution in [0.2, 0.25) is 0 Å². The molecule has 4 atom stereocenters. The normalized spacial score (nSPS) is 14.9. The number of urea groups is 2. The van der Waals surface area contributed by atoms with Crippen LogP contribution in [0.5, 0.6) is 0 Å². The lowest BCUT2D eigenvalue weighted by molar-refractivity contribution is -0.151. The number of hydrogen-bond acceptors (Lipinski definition) is 8. The van der Waals surface area contributed by atoms with Crippen LogP contribution in [0, 0.1) is 68.0 Å². The van der Waals surface area contributed by atoms with Crippen molar-refractivity contribution in [1.29, 1.82) is 10.5 Å². The zero-order valence-electron chi connectivity index (χ0n) is 56.1. The van der Waals surface area contributed by atoms with E-state index in [9.17, 15) is 39.3 Å². The van der Waals surface area contributed by atoms with Gasteiger partial charge in [-0.15, -0.1) is 0 Å². The minimum absolute atomic E-state index is 0.00751. The standard InChI is InChI=1S/C64H120N10O6/c1-27-69(28-2)51(75)61(21,22)41-49(45-65)43-63(25,47(5)6)53(77)71(57(9,10)11)37-39-73(59(15,16)17)55(79)67-35-33-31-32-34-36-68-56(80)74(60(18,19)20)40-38-72(58(12,13)14)54(78)64(26,48(7)8)44-50(46-66)42-62(23,24)52(76)70(29-3)30-4/h47-50H,27-44H2,1-26H3,(H,67,79)(H,68,80). The van der Waals surface area contributed by atoms with Crippen molar-refractivity contribution in [2.24, 2.45) is 45.3 Å². The smallest absolute Gasteiger partial charge is 0.317 e. The highest BCUT2D eigenvalue weighted by molar-refractivity contribution is 5.85. The van der Waals surface area contributed by atoms with Crippen molar-refractivity contribution in [2.75, 3.05) is 65.4 Å². The number of carbonyl (C=O) groups is 6. The van der Waals surface area contributed by atoms with Crippen molar-refractivity contribution in [1.82, 2.24) is 40.0 Å². The summed E-state index contributed by atoms with van der Waals surface area (Å²) >= 11 is 0. The molecule has 0 aromatic heterocycles. The maximum atomic E-state index is 14.9. The fraction of sp³-hybridized carbons (Fsp3) is 0.875. The van der Waals surface area contributed by atoms with Gasteiger partial charge in [0.15, 0.2) is 0 Å². The maximum absolute atomic E-state index is 14.9. The van der Waals surface area contributed by atoms with E-state index in [4.69, 9.17) is 0 Å². The average Bonchev–Trinajstić information content (AvgIpc) is 3.32. The summed E-state index contributed by atoms with van der Waals surface area (Å²) in [5.41, 5.74) is -5.61. The Balaban J connectivity index is 5.88. The molecule has 462 valence electrons. The number of nitriles is 2. The molecule has 0 aliphatic heterocycles. The molecular weight excluding hydrogens is 1000 g/mol. The van der Waals surface area contributed by atoms with Crippen molar-refractivity contribution in [3.05, 3.63) is 0 Å². The molecular formula is C64H120N10O6. The molecule has 0 aromatic carbocycles. The molecule has 0 fully saturated rings. The summed E-state index contributed by atoms with van der Waals surface area (Å²) in [6.07, 6.45) is 4.47. The molecule has 4 unspecified atom stereocenters. The van der Waals surface area contributed by atoms with E-state index in [0.29, 0.717) is 91.1 Å². The fourth-order valence-corrected chi connectivity index (χ4v) is 10.9. The Morgan fingerprint density at radius 1 is 0.388 bits per heavy atom. The second kappa shape index (κ2) is 31.2. The van der Waals surface area contributed by atoms with E-state index in [-0.39, 0.29) is 47.5 Å². The van der Waals surface area contributed by atoms with Crippen LogP contribution in [0.15, 0.2) is 0 Å². The van der Waals surface area contributed by atoms with Crippen LogP contribution in [0.3, 0.4) is 0 Å². The van der Waals surface area contributed by atoms with Gasteiger partial charge in [-0.1, -0.05) is 82.1 Å². The molecule has 0 bridgehead atoms. The Kier molecular flexibility index (Phi) is 29.4. The topological polar surface area (TPSA) is 194 Å². The first kappa shape index (κ1) is 75.4. The molecule has 0 spiro atoms. The Bertz CT molecular complexity index is 1930. The number of carbonyl (C=O) groups excluding carboxylic acids is 6. The fourth-order valence-electron chi connectivity index (χ4n) is 10.9. The van der Waals surface area contributed by atoms with E-state index in [2.05, 4.69) is 22.8 Å². The number of rotatable bonds is 31. The van der Waals surface area contributed by atoms with Gasteiger partial charge in [-0.2, -0.15) is 10.5 Å². The van der Waals surface area contributed by atoms with Crippen LogP contribution in [-0.2, 0) is 19.2 Å². The highest BCUT2D eigenvalue weighted by atomic mass is 16.2. The summed E-state index contributed by atoms with van der Waals surface area (Å²) in [6, 6.07) is 4.50. The molecule has 0 rings (SSSR count). The van der Waals surface area contributed by atoms with Gasteiger partial charge in [0.1, 0.15) is 0 Å². The second-order valence-electron chi connectivity index (χ2n) is 29.1. The molecule has 0 aliphatic rings. The first-order valence-corrected chi connectivity index (χ1v) is 30.5. The lowest BCUT2D eigenvalue weighted by Gasteiger charge is -2.46. The number of amides is 8. The van der Waals surface area contributed by atoms with Gasteiger partial charge in [-0.3, -0.25) is 19.2 Å². The monoisotopic (exact) mass is 1120 g/mol. The van der Waals surface area contributed by atoms with Crippen molar-refractivity contribution >= 4 is 35.7 Å². The quantitative estimate of drug-likeness (QED) is 0.0640. The van der Waals surface area contributed by atoms with Crippen LogP contribution < -0.4 is 10.6 Å². The predicted molar refractivity (Wildman–Crippen MR) is 327 cm³/mol. The summed E-state index contributed by atoms with van der Waals surface area (Å²) in [6.45, 7) is 55.7. The molecule has 8 amide bonds. The molecule has 0 radical (unpaired) electrons. The molecule has 0 heterocycles. The lowest BCUT2D eigenvalue weighted by atomic mass is 9.68. The van der Waals surface area contributed by atoms with Crippen LogP contribution >= 0.6 is 0 Å². The number of nitrogens with zero attached hydrogens (tertiary/aromatic N) is 8. The minimum atomic E-state index is -0.905. The van der Waals surface area contributed by atoms with Crippen LogP contribution in [0.25, 0.3) is 0 Å². The van der Waals surface area contributed by atoms with Gasteiger partial charge in [0.2, 0.25) is 23.6 Å². The van der Waals surface area contributed by atoms with Crippen LogP contribution in [0.1, 0.15) is 231 Å². The van der Waals surface area contributed by atoms with Gasteiger partial charge in [0, 0.05) is 110 Å². The number of nitrogens with one attached hydrogen (secondary N) is 2. The van der Waals surface area contributed by atoms with Gasteiger partial charge in [0.05, 0.1) is 23.0 Å². The van der Waals surface area contributed by atoms with E-state index in [1.807, 2.05) is 190 Å². The first-order valence-electron chi connectivity index (χ1n) is 30.5. The number of hydrogen-bond donors (Lipinski definition) is 2. The third-order valence-corrected chi connectivity index (χ3v) is 17.0. The Morgan fingerprint density at radius 2 is 0.637 bits per heavy atom. The van der Waals surface area contributed by atoms with Crippen LogP contribution in [0.4, 0.5) is 9.59 Å². The van der Waals surface area contributed by atoms with Crippen LogP contribution in [-0.4, -0.2) is 153 Å². The molecule has 16 nitrogen and oxygen atoms in total. The third-order valence-electron chi connectivity index (χ3n) is 17.0. The molecule has 0 saturated carbocycles. The Hall–Kier alpha value is -4.60. The molecule has 16 heteroatoms. The van der Waals surface area contributed by atoms with Gasteiger partial charge >= 0.3 is 12.1 Å². The van der Waals surface area contributed by atoms with E-state index in [0.717, 1.165) is 25.7 Å². The SMILES string of the molecule is CCN(CC)C(=O)C(C)(C)CC(C#N)CC(C)(C(=O)N(CCN(C(=O)NCCCCCCNC(=O)N(CCN(C(=O)C(C)(CC(C#N)CC(C)(C)C(=O)N(CC)CC)C(C)C)C(C)(C)C)C(C)(C)C)C(C)(C)C)C(C)(C)C)C(C)C. The summed E-state index contributed by atoms with van der Waals surface area (Å²) in [7, 11) is 0. The minimum Gasteiger partial charge on any atom is -0.343 e. The molecule has 2 N–H and O–H groups in total. The summed E-state index contributed by atoms with van der Waals surface area (Å²) in [5.74, 6) is -1.38. The van der Waals surface area contributed by atoms with Gasteiger partial charge in [-0.25, -0.2) is 9.59 Å². The highest BCUT2D eigenvalue weighted by Crippen LogP contribution is 2.43. The zero-order valence-corrected chi connectivity index (χ0v) is 56.1. The molecule has 0 saturated heterocycles. The zero-order chi connectivity index (χ0) is 62.8. The van der Waals surface area contributed by atoms with Gasteiger partial charge in [-0.05, 0) is 161 Å². The Morgan fingerprint density at radius 3 is 0.850 bits per heavy atom. The van der Waals surface area contributed by atoms with Gasteiger partial charge in [0.25, 0.3) is 0 Å². The summed E-state index contributed by atoms with van der Waals surface area (Å²) < 4.78 is 0. The molecule has 0 aliphatic carbocycles. The van der Waals surface area contributed by atoms with E-state index in [1.165, 1.54) is 0 Å². The third kappa shape index (κ3) is 21.9. The largest absolute Gasteiger partial charge is 0.343 e. The Labute approximate surface area is 489 Å². The van der Waals surface area contributed by atoms with E-state index in [1.54, 1.807) is 19.6 Å². The summed E-state index contributed by atoms with van der Waals surface area (Å²) in [5, 5.41) is 27.1. The highest BCUT2D eigenvalue weighted by Gasteiger charge is 2.48. The predicted octanol–water partition coefficient (Wildman–Crippen LogP) is 12.4. The molecule has 0 aromatic rings. The van der Waals surface area contributed by atoms with Crippen molar-refractivity contribution in [3.8, 4) is 12.1 Å². The van der Waals surface area contributed by atoms with E-state index < -0.39 is 55.7 Å². The van der Waals surface area contributed by atoms with E-state index >= 15 is 0 Å². The number of unbranched alkanes of at least 4 members (excludes halogenated alkanes) is 3. The van der Waals surface area contributed by atoms with Crippen molar-refractivity contribution < 1.29 is 28.8 Å². The van der Waals surface area contributed by atoms with Crippen molar-refractivity contribution in [3.63, 3.8) is 0 Å². The summed E-state index contributed by atoms with van der Waals surface area (Å²) in [4.78, 5) is 95.5. The molecule has 80 heavy (non-hydrogen) atoms. The van der Waals surface area contributed by atoms with Crippen molar-refractivity contribution in [2.45, 2.75) is 254 Å². The second-order valence-corrected chi connectivity index (χ2v) is 29.1. The first-order chi connectivity index (χ1) is 36.3. The lowest BCUT2D eigenvalue weighted by Crippen LogP contribution is -2.58. The van der Waals surface area contributed by atoms with Gasteiger partial charge < -0.3 is 40.0 Å². The average molecular weight is 1130 g/mol.